The fraction of sp³-hybridized carbons (Fsp3) is 1.00. The minimum atomic E-state index is 0.433. The molecular formula is C13H27NO. The van der Waals surface area contributed by atoms with Crippen LogP contribution < -0.4 is 5.32 Å². The van der Waals surface area contributed by atoms with Gasteiger partial charge in [0, 0.05) is 12.6 Å². The lowest BCUT2D eigenvalue weighted by Gasteiger charge is -2.23. The van der Waals surface area contributed by atoms with E-state index in [1.165, 1.54) is 44.9 Å². The molecule has 15 heavy (non-hydrogen) atoms. The summed E-state index contributed by atoms with van der Waals surface area (Å²) in [7, 11) is 0. The molecule has 2 nitrogen and oxygen atoms in total. The van der Waals surface area contributed by atoms with E-state index in [0.29, 0.717) is 6.10 Å². The molecule has 1 aliphatic rings. The monoisotopic (exact) mass is 213 g/mol. The fourth-order valence-corrected chi connectivity index (χ4v) is 2.32. The topological polar surface area (TPSA) is 21.3 Å². The second kappa shape index (κ2) is 8.12. The van der Waals surface area contributed by atoms with Crippen LogP contribution in [0, 0.1) is 0 Å². The molecule has 1 unspecified atom stereocenters. The predicted octanol–water partition coefficient (Wildman–Crippen LogP) is 3.11. The highest BCUT2D eigenvalue weighted by molar-refractivity contribution is 4.71. The van der Waals surface area contributed by atoms with Gasteiger partial charge in [-0.1, -0.05) is 32.6 Å². The average Bonchev–Trinajstić information content (AvgIpc) is 2.26. The molecule has 0 aromatic heterocycles. The highest BCUT2D eigenvalue weighted by atomic mass is 16.5. The minimum Gasteiger partial charge on any atom is -0.377 e. The smallest absolute Gasteiger partial charge is 0.0594 e. The molecule has 0 spiro atoms. The van der Waals surface area contributed by atoms with Gasteiger partial charge in [-0.15, -0.1) is 0 Å². The molecule has 2 heteroatoms. The molecule has 1 N–H and O–H groups in total. The Bertz CT molecular complexity index is 143. The maximum Gasteiger partial charge on any atom is 0.0594 e. The Hall–Kier alpha value is -0.0800. The lowest BCUT2D eigenvalue weighted by Crippen LogP contribution is -2.34. The average molecular weight is 213 g/mol. The molecule has 0 radical (unpaired) electrons. The number of hydrogen-bond acceptors (Lipinski definition) is 2. The van der Waals surface area contributed by atoms with Gasteiger partial charge < -0.3 is 10.1 Å². The van der Waals surface area contributed by atoms with Crippen molar-refractivity contribution in [1.82, 2.24) is 5.32 Å². The van der Waals surface area contributed by atoms with E-state index in [9.17, 15) is 0 Å². The molecule has 90 valence electrons. The Balaban J connectivity index is 1.91. The molecule has 1 fully saturated rings. The zero-order valence-corrected chi connectivity index (χ0v) is 10.4. The van der Waals surface area contributed by atoms with Gasteiger partial charge >= 0.3 is 0 Å². The van der Waals surface area contributed by atoms with E-state index in [1.807, 2.05) is 0 Å². The van der Waals surface area contributed by atoms with Gasteiger partial charge in [-0.3, -0.25) is 0 Å². The van der Waals surface area contributed by atoms with Crippen LogP contribution in [0.2, 0.25) is 0 Å². The maximum atomic E-state index is 5.71. The lowest BCUT2D eigenvalue weighted by atomic mass is 9.96. The molecule has 1 rings (SSSR count). The van der Waals surface area contributed by atoms with Crippen molar-refractivity contribution in [2.45, 2.75) is 70.9 Å². The van der Waals surface area contributed by atoms with Gasteiger partial charge in [-0.05, 0) is 26.2 Å². The first-order valence-corrected chi connectivity index (χ1v) is 6.68. The van der Waals surface area contributed by atoms with Crippen LogP contribution in [-0.2, 0) is 4.74 Å². The van der Waals surface area contributed by atoms with Gasteiger partial charge in [0.15, 0.2) is 0 Å². The highest BCUT2D eigenvalue weighted by Crippen LogP contribution is 2.16. The van der Waals surface area contributed by atoms with Crippen molar-refractivity contribution in [2.75, 3.05) is 13.2 Å². The second-order valence-electron chi connectivity index (χ2n) is 4.76. The van der Waals surface area contributed by atoms with Crippen molar-refractivity contribution in [1.29, 1.82) is 0 Å². The summed E-state index contributed by atoms with van der Waals surface area (Å²) in [6, 6.07) is 0.767. The van der Waals surface area contributed by atoms with Crippen LogP contribution in [0.25, 0.3) is 0 Å². The number of rotatable bonds is 7. The van der Waals surface area contributed by atoms with Crippen molar-refractivity contribution in [3.8, 4) is 0 Å². The largest absolute Gasteiger partial charge is 0.377 e. The maximum absolute atomic E-state index is 5.71. The van der Waals surface area contributed by atoms with Crippen LogP contribution in [0.15, 0.2) is 0 Å². The van der Waals surface area contributed by atoms with Crippen molar-refractivity contribution >= 4 is 0 Å². The van der Waals surface area contributed by atoms with Gasteiger partial charge in [-0.25, -0.2) is 0 Å². The molecule has 0 aromatic carbocycles. The zero-order chi connectivity index (χ0) is 10.9. The van der Waals surface area contributed by atoms with Gasteiger partial charge in [0.1, 0.15) is 0 Å². The minimum absolute atomic E-state index is 0.433. The van der Waals surface area contributed by atoms with Crippen molar-refractivity contribution in [2.24, 2.45) is 0 Å². The Labute approximate surface area is 94.8 Å². The van der Waals surface area contributed by atoms with Crippen molar-refractivity contribution < 1.29 is 4.74 Å². The van der Waals surface area contributed by atoms with Gasteiger partial charge in [0.05, 0.1) is 12.7 Å². The van der Waals surface area contributed by atoms with Crippen molar-refractivity contribution in [3.05, 3.63) is 0 Å². The van der Waals surface area contributed by atoms with Gasteiger partial charge in [0.2, 0.25) is 0 Å². The van der Waals surface area contributed by atoms with Crippen LogP contribution in [0.1, 0.15) is 58.8 Å². The summed E-state index contributed by atoms with van der Waals surface area (Å²) in [6.45, 7) is 6.28. The molecule has 0 aliphatic heterocycles. The third-order valence-corrected chi connectivity index (χ3v) is 3.24. The summed E-state index contributed by atoms with van der Waals surface area (Å²) in [5, 5.41) is 3.59. The quantitative estimate of drug-likeness (QED) is 0.656. The van der Waals surface area contributed by atoms with E-state index in [-0.39, 0.29) is 0 Å². The summed E-state index contributed by atoms with van der Waals surface area (Å²) in [5.74, 6) is 0. The first kappa shape index (κ1) is 13.0. The van der Waals surface area contributed by atoms with Crippen LogP contribution in [0.5, 0.6) is 0 Å². The van der Waals surface area contributed by atoms with Gasteiger partial charge in [0.25, 0.3) is 0 Å². The van der Waals surface area contributed by atoms with E-state index < -0.39 is 0 Å². The number of nitrogens with one attached hydrogen (secondary N) is 1. The summed E-state index contributed by atoms with van der Waals surface area (Å²) < 4.78 is 5.71. The summed E-state index contributed by atoms with van der Waals surface area (Å²) >= 11 is 0. The Morgan fingerprint density at radius 3 is 2.67 bits per heavy atom. The lowest BCUT2D eigenvalue weighted by molar-refractivity contribution is 0.0599. The van der Waals surface area contributed by atoms with Gasteiger partial charge in [-0.2, -0.15) is 0 Å². The second-order valence-corrected chi connectivity index (χ2v) is 4.76. The number of ether oxygens (including phenoxy) is 1. The molecule has 0 saturated heterocycles. The molecule has 1 saturated carbocycles. The van der Waals surface area contributed by atoms with E-state index in [4.69, 9.17) is 4.74 Å². The third-order valence-electron chi connectivity index (χ3n) is 3.24. The molecule has 0 amide bonds. The van der Waals surface area contributed by atoms with Crippen LogP contribution >= 0.6 is 0 Å². The standard InChI is InChI=1S/C13H27NO/c1-3-7-12(2)15-11-10-14-13-8-5-4-6-9-13/h12-14H,3-11H2,1-2H3. The molecular weight excluding hydrogens is 186 g/mol. The van der Waals surface area contributed by atoms with Crippen LogP contribution in [-0.4, -0.2) is 25.3 Å². The normalized spacial score (nSPS) is 20.4. The molecule has 1 aliphatic carbocycles. The zero-order valence-electron chi connectivity index (χ0n) is 10.4. The van der Waals surface area contributed by atoms with Crippen molar-refractivity contribution in [3.63, 3.8) is 0 Å². The first-order chi connectivity index (χ1) is 7.33. The summed E-state index contributed by atoms with van der Waals surface area (Å²) in [6.07, 6.45) is 9.82. The first-order valence-electron chi connectivity index (χ1n) is 6.68. The van der Waals surface area contributed by atoms with Crippen LogP contribution in [0.3, 0.4) is 0 Å². The SMILES string of the molecule is CCCC(C)OCCNC1CCCCC1. The van der Waals surface area contributed by atoms with E-state index >= 15 is 0 Å². The van der Waals surface area contributed by atoms with E-state index in [0.717, 1.165) is 19.2 Å². The Morgan fingerprint density at radius 2 is 2.00 bits per heavy atom. The molecule has 0 bridgehead atoms. The van der Waals surface area contributed by atoms with E-state index in [2.05, 4.69) is 19.2 Å². The predicted molar refractivity (Wildman–Crippen MR) is 65.2 cm³/mol. The molecule has 0 heterocycles. The van der Waals surface area contributed by atoms with Crippen LogP contribution in [0.4, 0.5) is 0 Å². The number of hydrogen-bond donors (Lipinski definition) is 1. The molecule has 1 atom stereocenters. The van der Waals surface area contributed by atoms with E-state index in [1.54, 1.807) is 0 Å². The fourth-order valence-electron chi connectivity index (χ4n) is 2.32. The third kappa shape index (κ3) is 6.16. The highest BCUT2D eigenvalue weighted by Gasteiger charge is 2.11. The Morgan fingerprint density at radius 1 is 1.27 bits per heavy atom. The summed E-state index contributed by atoms with van der Waals surface area (Å²) in [5.41, 5.74) is 0. The summed E-state index contributed by atoms with van der Waals surface area (Å²) in [4.78, 5) is 0. The molecule has 0 aromatic rings. The Kier molecular flexibility index (Phi) is 7.03.